The molecule has 1 fully saturated rings. The largest absolute Gasteiger partial charge is 0.490 e. The van der Waals surface area contributed by atoms with E-state index >= 15 is 0 Å². The van der Waals surface area contributed by atoms with E-state index in [9.17, 15) is 9.59 Å². The smallest absolute Gasteiger partial charge is 0.244 e. The number of para-hydroxylation sites is 2. The van der Waals surface area contributed by atoms with E-state index in [4.69, 9.17) is 9.47 Å². The van der Waals surface area contributed by atoms with Gasteiger partial charge in [-0.15, -0.1) is 0 Å². The minimum Gasteiger partial charge on any atom is -0.490 e. The monoisotopic (exact) mass is 421 g/mol. The first kappa shape index (κ1) is 19.9. The lowest BCUT2D eigenvalue weighted by Crippen LogP contribution is -2.51. The van der Waals surface area contributed by atoms with Gasteiger partial charge in [0.2, 0.25) is 11.8 Å². The van der Waals surface area contributed by atoms with E-state index < -0.39 is 0 Å². The van der Waals surface area contributed by atoms with Gasteiger partial charge in [0.1, 0.15) is 6.54 Å². The molecule has 31 heavy (non-hydrogen) atoms. The molecule has 7 nitrogen and oxygen atoms in total. The van der Waals surface area contributed by atoms with Crippen LogP contribution in [0.3, 0.4) is 0 Å². The molecule has 0 bridgehead atoms. The molecule has 3 heterocycles. The third kappa shape index (κ3) is 3.74. The second kappa shape index (κ2) is 8.23. The number of anilines is 2. The Bertz CT molecular complexity index is 1010. The molecule has 3 aliphatic rings. The number of carbonyl (C=O) groups is 2. The Labute approximate surface area is 181 Å². The van der Waals surface area contributed by atoms with E-state index in [0.717, 1.165) is 48.6 Å². The van der Waals surface area contributed by atoms with Gasteiger partial charge in [0.25, 0.3) is 0 Å². The van der Waals surface area contributed by atoms with Crippen molar-refractivity contribution >= 4 is 23.2 Å². The number of fused-ring (bicyclic) bond motifs is 2. The average Bonchev–Trinajstić information content (AvgIpc) is 3.16. The summed E-state index contributed by atoms with van der Waals surface area (Å²) in [6, 6.07) is 13.4. The highest BCUT2D eigenvalue weighted by molar-refractivity contribution is 6.11. The molecule has 2 amide bonds. The van der Waals surface area contributed by atoms with Gasteiger partial charge in [-0.3, -0.25) is 19.4 Å². The number of nitrogens with one attached hydrogen (secondary N) is 1. The molecule has 1 N–H and O–H groups in total. The zero-order valence-corrected chi connectivity index (χ0v) is 17.7. The minimum absolute atomic E-state index is 0.0444. The van der Waals surface area contributed by atoms with Crippen LogP contribution in [0, 0.1) is 0 Å². The molecule has 2 aromatic rings. The fourth-order valence-corrected chi connectivity index (χ4v) is 4.79. The Morgan fingerprint density at radius 3 is 2.77 bits per heavy atom. The molecule has 0 saturated carbocycles. The van der Waals surface area contributed by atoms with Gasteiger partial charge in [0.05, 0.1) is 30.6 Å². The van der Waals surface area contributed by atoms with Crippen molar-refractivity contribution in [1.29, 1.82) is 0 Å². The fraction of sp³-hybridized carbons (Fsp3) is 0.417. The van der Waals surface area contributed by atoms with Crippen LogP contribution in [0.15, 0.2) is 42.5 Å². The van der Waals surface area contributed by atoms with Gasteiger partial charge < -0.3 is 14.8 Å². The van der Waals surface area contributed by atoms with E-state index in [1.165, 1.54) is 0 Å². The molecule has 0 radical (unpaired) electrons. The number of likely N-dealkylation sites (tertiary alicyclic amines) is 1. The van der Waals surface area contributed by atoms with Gasteiger partial charge >= 0.3 is 0 Å². The lowest BCUT2D eigenvalue weighted by molar-refractivity contribution is -0.125. The number of amides is 2. The Kier molecular flexibility index (Phi) is 5.28. The standard InChI is InChI=1S/C24H27N3O4/c1-16(24(29)27-15-23(28)25-18-6-2-3-7-20(18)27)26-11-4-8-19(26)17-9-10-21-22(14-17)31-13-5-12-30-21/h2-3,6-7,9-10,14,16,19H,4-5,8,11-13,15H2,1H3,(H,25,28)/t16-,19-/m1/s1. The highest BCUT2D eigenvalue weighted by Gasteiger charge is 2.37. The highest BCUT2D eigenvalue weighted by atomic mass is 16.5. The number of rotatable bonds is 3. The lowest BCUT2D eigenvalue weighted by atomic mass is 10.0. The van der Waals surface area contributed by atoms with Crippen LogP contribution >= 0.6 is 0 Å². The van der Waals surface area contributed by atoms with E-state index in [1.807, 2.05) is 37.3 Å². The summed E-state index contributed by atoms with van der Waals surface area (Å²) < 4.78 is 11.6. The molecule has 5 rings (SSSR count). The first-order valence-electron chi connectivity index (χ1n) is 11.0. The van der Waals surface area contributed by atoms with Crippen LogP contribution in [0.25, 0.3) is 0 Å². The predicted molar refractivity (Wildman–Crippen MR) is 118 cm³/mol. The maximum Gasteiger partial charge on any atom is 0.244 e. The third-order valence-corrected chi connectivity index (χ3v) is 6.34. The van der Waals surface area contributed by atoms with Crippen LogP contribution in [-0.4, -0.2) is 49.1 Å². The molecular weight excluding hydrogens is 394 g/mol. The zero-order chi connectivity index (χ0) is 21.4. The first-order valence-corrected chi connectivity index (χ1v) is 11.0. The topological polar surface area (TPSA) is 71.1 Å². The second-order valence-corrected chi connectivity index (χ2v) is 8.32. The van der Waals surface area contributed by atoms with E-state index in [2.05, 4.69) is 22.3 Å². The fourth-order valence-electron chi connectivity index (χ4n) is 4.79. The summed E-state index contributed by atoms with van der Waals surface area (Å²) in [4.78, 5) is 29.6. The molecule has 0 spiro atoms. The molecule has 0 aliphatic carbocycles. The Morgan fingerprint density at radius 2 is 1.90 bits per heavy atom. The Hall–Kier alpha value is -3.06. The summed E-state index contributed by atoms with van der Waals surface area (Å²) in [7, 11) is 0. The number of hydrogen-bond donors (Lipinski definition) is 1. The summed E-state index contributed by atoms with van der Waals surface area (Å²) in [5.41, 5.74) is 2.57. The maximum absolute atomic E-state index is 13.5. The molecule has 2 aromatic carbocycles. The number of nitrogens with zero attached hydrogens (tertiary/aromatic N) is 2. The van der Waals surface area contributed by atoms with Crippen LogP contribution in [0.4, 0.5) is 11.4 Å². The molecular formula is C24H27N3O4. The second-order valence-electron chi connectivity index (χ2n) is 8.32. The van der Waals surface area contributed by atoms with Gasteiger partial charge in [0, 0.05) is 12.5 Å². The van der Waals surface area contributed by atoms with E-state index in [-0.39, 0.29) is 30.4 Å². The molecule has 3 aliphatic heterocycles. The van der Waals surface area contributed by atoms with Crippen molar-refractivity contribution in [2.75, 3.05) is 36.5 Å². The van der Waals surface area contributed by atoms with E-state index in [0.29, 0.717) is 18.9 Å². The Morgan fingerprint density at radius 1 is 1.10 bits per heavy atom. The average molecular weight is 421 g/mol. The van der Waals surface area contributed by atoms with Gasteiger partial charge in [0.15, 0.2) is 11.5 Å². The van der Waals surface area contributed by atoms with Gasteiger partial charge in [-0.25, -0.2) is 0 Å². The van der Waals surface area contributed by atoms with Crippen molar-refractivity contribution in [2.45, 2.75) is 38.3 Å². The van der Waals surface area contributed by atoms with Crippen LogP contribution in [0.1, 0.15) is 37.8 Å². The van der Waals surface area contributed by atoms with Gasteiger partial charge in [-0.1, -0.05) is 18.2 Å². The van der Waals surface area contributed by atoms with Crippen LogP contribution in [0.2, 0.25) is 0 Å². The first-order chi connectivity index (χ1) is 15.1. The number of hydrogen-bond acceptors (Lipinski definition) is 5. The van der Waals surface area contributed by atoms with Crippen molar-refractivity contribution in [3.05, 3.63) is 48.0 Å². The normalized spacial score (nSPS) is 21.8. The van der Waals surface area contributed by atoms with Crippen LogP contribution < -0.4 is 19.7 Å². The maximum atomic E-state index is 13.5. The molecule has 7 heteroatoms. The molecule has 0 aromatic heterocycles. The van der Waals surface area contributed by atoms with Crippen molar-refractivity contribution in [2.24, 2.45) is 0 Å². The molecule has 0 unspecified atom stereocenters. The number of ether oxygens (including phenoxy) is 2. The van der Waals surface area contributed by atoms with Crippen LogP contribution in [-0.2, 0) is 9.59 Å². The van der Waals surface area contributed by atoms with Crippen molar-refractivity contribution < 1.29 is 19.1 Å². The van der Waals surface area contributed by atoms with Crippen molar-refractivity contribution in [3.63, 3.8) is 0 Å². The number of carbonyl (C=O) groups excluding carboxylic acids is 2. The third-order valence-electron chi connectivity index (χ3n) is 6.34. The summed E-state index contributed by atoms with van der Waals surface area (Å²) >= 11 is 0. The highest BCUT2D eigenvalue weighted by Crippen LogP contribution is 2.39. The lowest BCUT2D eigenvalue weighted by Gasteiger charge is -2.36. The van der Waals surface area contributed by atoms with Gasteiger partial charge in [-0.2, -0.15) is 0 Å². The molecule has 162 valence electrons. The molecule has 1 saturated heterocycles. The van der Waals surface area contributed by atoms with Crippen molar-refractivity contribution in [1.82, 2.24) is 4.90 Å². The summed E-state index contributed by atoms with van der Waals surface area (Å²) in [6.45, 7) is 4.14. The number of benzene rings is 2. The van der Waals surface area contributed by atoms with E-state index in [1.54, 1.807) is 4.90 Å². The van der Waals surface area contributed by atoms with Gasteiger partial charge in [-0.05, 0) is 56.1 Å². The zero-order valence-electron chi connectivity index (χ0n) is 17.7. The van der Waals surface area contributed by atoms with Crippen molar-refractivity contribution in [3.8, 4) is 11.5 Å². The SMILES string of the molecule is C[C@H](C(=O)N1CC(=O)Nc2ccccc21)N1CCC[C@@H]1c1ccc2c(c1)OCCCO2. The minimum atomic E-state index is -0.345. The summed E-state index contributed by atoms with van der Waals surface area (Å²) in [5.74, 6) is 1.34. The summed E-state index contributed by atoms with van der Waals surface area (Å²) in [5, 5.41) is 2.85. The van der Waals surface area contributed by atoms with Crippen LogP contribution in [0.5, 0.6) is 11.5 Å². The molecule has 2 atom stereocenters. The summed E-state index contributed by atoms with van der Waals surface area (Å²) in [6.07, 6.45) is 2.87. The Balaban J connectivity index is 1.39. The quantitative estimate of drug-likeness (QED) is 0.823. The predicted octanol–water partition coefficient (Wildman–Crippen LogP) is 3.36.